The van der Waals surface area contributed by atoms with Gasteiger partial charge in [0.1, 0.15) is 0 Å². The lowest BCUT2D eigenvalue weighted by atomic mass is 9.84. The maximum atomic E-state index is 3.68. The Morgan fingerprint density at radius 1 is 1.07 bits per heavy atom. The van der Waals surface area contributed by atoms with Crippen LogP contribution in [-0.2, 0) is 0 Å². The average Bonchev–Trinajstić information content (AvgIpc) is 2.25. The molecule has 0 spiro atoms. The van der Waals surface area contributed by atoms with Crippen LogP contribution in [0.25, 0.3) is 0 Å². The second kappa shape index (κ2) is 7.70. The molecule has 0 bridgehead atoms. The molecular formula is C12H26BrN. The molecule has 0 atom stereocenters. The molecule has 0 aromatic rings. The summed E-state index contributed by atoms with van der Waals surface area (Å²) in [7, 11) is 0. The molecule has 0 saturated carbocycles. The van der Waals surface area contributed by atoms with Crippen molar-refractivity contribution in [3.05, 3.63) is 0 Å². The standard InChI is InChI=1S/C12H26BrN/c1-5-9-14(8-4)11-12(6-2,7-3)10-13/h5-11H2,1-4H3. The smallest absolute Gasteiger partial charge is 0.01000 e. The first kappa shape index (κ1) is 14.4. The zero-order valence-corrected chi connectivity index (χ0v) is 11.9. The number of hydrogen-bond acceptors (Lipinski definition) is 1. The molecule has 0 heterocycles. The minimum absolute atomic E-state index is 0.491. The lowest BCUT2D eigenvalue weighted by Crippen LogP contribution is -2.38. The Morgan fingerprint density at radius 2 is 1.64 bits per heavy atom. The summed E-state index contributed by atoms with van der Waals surface area (Å²) in [6.45, 7) is 12.8. The van der Waals surface area contributed by atoms with Crippen LogP contribution in [0.1, 0.15) is 47.0 Å². The summed E-state index contributed by atoms with van der Waals surface area (Å²) >= 11 is 3.68. The van der Waals surface area contributed by atoms with Gasteiger partial charge in [0.05, 0.1) is 0 Å². The van der Waals surface area contributed by atoms with Crippen LogP contribution >= 0.6 is 15.9 Å². The first-order valence-corrected chi connectivity index (χ1v) is 7.08. The van der Waals surface area contributed by atoms with Crippen molar-refractivity contribution in [3.8, 4) is 0 Å². The fraction of sp³-hybridized carbons (Fsp3) is 1.00. The molecule has 0 amide bonds. The fourth-order valence-electron chi connectivity index (χ4n) is 1.84. The molecule has 0 aliphatic carbocycles. The highest BCUT2D eigenvalue weighted by atomic mass is 79.9. The normalized spacial score (nSPS) is 12.4. The quantitative estimate of drug-likeness (QED) is 0.601. The number of halogens is 1. The predicted octanol–water partition coefficient (Wildman–Crippen LogP) is 3.92. The molecule has 86 valence electrons. The van der Waals surface area contributed by atoms with E-state index in [0.717, 1.165) is 5.33 Å². The summed E-state index contributed by atoms with van der Waals surface area (Å²) in [6, 6.07) is 0. The van der Waals surface area contributed by atoms with Crippen molar-refractivity contribution in [2.75, 3.05) is 25.0 Å². The molecule has 0 unspecified atom stereocenters. The molecule has 0 N–H and O–H groups in total. The second-order valence-corrected chi connectivity index (χ2v) is 4.77. The number of hydrogen-bond donors (Lipinski definition) is 0. The van der Waals surface area contributed by atoms with Crippen LogP contribution in [0.5, 0.6) is 0 Å². The van der Waals surface area contributed by atoms with Crippen molar-refractivity contribution in [2.45, 2.75) is 47.0 Å². The number of rotatable bonds is 8. The predicted molar refractivity (Wildman–Crippen MR) is 69.2 cm³/mol. The Bertz CT molecular complexity index is 124. The summed E-state index contributed by atoms with van der Waals surface area (Å²) in [4.78, 5) is 2.58. The van der Waals surface area contributed by atoms with Gasteiger partial charge in [0.25, 0.3) is 0 Å². The highest BCUT2D eigenvalue weighted by Crippen LogP contribution is 2.29. The number of nitrogens with zero attached hydrogens (tertiary/aromatic N) is 1. The van der Waals surface area contributed by atoms with Gasteiger partial charge < -0.3 is 4.90 Å². The van der Waals surface area contributed by atoms with E-state index in [1.165, 1.54) is 38.9 Å². The summed E-state index contributed by atoms with van der Waals surface area (Å²) < 4.78 is 0. The highest BCUT2D eigenvalue weighted by Gasteiger charge is 2.26. The van der Waals surface area contributed by atoms with Crippen molar-refractivity contribution in [3.63, 3.8) is 0 Å². The molecule has 1 nitrogen and oxygen atoms in total. The van der Waals surface area contributed by atoms with E-state index in [1.54, 1.807) is 0 Å². The van der Waals surface area contributed by atoms with Crippen molar-refractivity contribution < 1.29 is 0 Å². The number of alkyl halides is 1. The van der Waals surface area contributed by atoms with E-state index >= 15 is 0 Å². The Kier molecular flexibility index (Phi) is 7.94. The van der Waals surface area contributed by atoms with Crippen LogP contribution in [0, 0.1) is 5.41 Å². The van der Waals surface area contributed by atoms with Gasteiger partial charge >= 0.3 is 0 Å². The molecule has 0 radical (unpaired) electrons. The highest BCUT2D eigenvalue weighted by molar-refractivity contribution is 9.09. The van der Waals surface area contributed by atoms with E-state index in [4.69, 9.17) is 0 Å². The van der Waals surface area contributed by atoms with Crippen molar-refractivity contribution >= 4 is 15.9 Å². The van der Waals surface area contributed by atoms with Crippen LogP contribution in [0.4, 0.5) is 0 Å². The van der Waals surface area contributed by atoms with Gasteiger partial charge in [-0.1, -0.05) is 43.6 Å². The van der Waals surface area contributed by atoms with Crippen LogP contribution in [0.3, 0.4) is 0 Å². The van der Waals surface area contributed by atoms with Gasteiger partial charge in [-0.3, -0.25) is 0 Å². The van der Waals surface area contributed by atoms with Crippen molar-refractivity contribution in [1.29, 1.82) is 0 Å². The average molecular weight is 264 g/mol. The van der Waals surface area contributed by atoms with Gasteiger partial charge in [-0.05, 0) is 37.8 Å². The third-order valence-corrected chi connectivity index (χ3v) is 4.52. The fourth-order valence-corrected chi connectivity index (χ4v) is 2.81. The lowest BCUT2D eigenvalue weighted by Gasteiger charge is -2.35. The van der Waals surface area contributed by atoms with E-state index < -0.39 is 0 Å². The van der Waals surface area contributed by atoms with E-state index in [9.17, 15) is 0 Å². The van der Waals surface area contributed by atoms with E-state index in [2.05, 4.69) is 48.5 Å². The van der Waals surface area contributed by atoms with Gasteiger partial charge in [0, 0.05) is 11.9 Å². The minimum Gasteiger partial charge on any atom is -0.303 e. The molecule has 0 rings (SSSR count). The third-order valence-electron chi connectivity index (χ3n) is 3.33. The van der Waals surface area contributed by atoms with Gasteiger partial charge in [-0.15, -0.1) is 0 Å². The van der Waals surface area contributed by atoms with Crippen molar-refractivity contribution in [2.24, 2.45) is 5.41 Å². The Hall–Kier alpha value is 0.440. The Balaban J connectivity index is 4.24. The van der Waals surface area contributed by atoms with Gasteiger partial charge in [0.2, 0.25) is 0 Å². The van der Waals surface area contributed by atoms with E-state index in [1.807, 2.05) is 0 Å². The summed E-state index contributed by atoms with van der Waals surface area (Å²) in [5.74, 6) is 0. The topological polar surface area (TPSA) is 3.24 Å². The summed E-state index contributed by atoms with van der Waals surface area (Å²) in [5.41, 5.74) is 0.491. The van der Waals surface area contributed by atoms with Crippen LogP contribution in [-0.4, -0.2) is 29.9 Å². The third kappa shape index (κ3) is 4.31. The maximum Gasteiger partial charge on any atom is 0.01000 e. The Morgan fingerprint density at radius 3 is 1.93 bits per heavy atom. The van der Waals surface area contributed by atoms with Gasteiger partial charge in [-0.2, -0.15) is 0 Å². The molecule has 0 aliphatic heterocycles. The summed E-state index contributed by atoms with van der Waals surface area (Å²) in [6.07, 6.45) is 3.81. The SMILES string of the molecule is CCCN(CC)CC(CC)(CC)CBr. The zero-order chi connectivity index (χ0) is 11.0. The molecule has 0 fully saturated rings. The largest absolute Gasteiger partial charge is 0.303 e. The molecular weight excluding hydrogens is 238 g/mol. The molecule has 0 aromatic carbocycles. The zero-order valence-electron chi connectivity index (χ0n) is 10.3. The molecule has 0 aliphatic rings. The minimum atomic E-state index is 0.491. The first-order chi connectivity index (χ1) is 6.67. The Labute approximate surface area is 98.4 Å². The summed E-state index contributed by atoms with van der Waals surface area (Å²) in [5, 5.41) is 1.13. The molecule has 14 heavy (non-hydrogen) atoms. The van der Waals surface area contributed by atoms with Crippen LogP contribution in [0.15, 0.2) is 0 Å². The van der Waals surface area contributed by atoms with Crippen molar-refractivity contribution in [1.82, 2.24) is 4.90 Å². The molecule has 2 heteroatoms. The first-order valence-electron chi connectivity index (χ1n) is 5.96. The second-order valence-electron chi connectivity index (χ2n) is 4.21. The van der Waals surface area contributed by atoms with Crippen LogP contribution in [0.2, 0.25) is 0 Å². The maximum absolute atomic E-state index is 3.68. The lowest BCUT2D eigenvalue weighted by molar-refractivity contribution is 0.164. The molecule has 0 saturated heterocycles. The van der Waals surface area contributed by atoms with Gasteiger partial charge in [0.15, 0.2) is 0 Å². The monoisotopic (exact) mass is 263 g/mol. The molecule has 0 aromatic heterocycles. The van der Waals surface area contributed by atoms with Gasteiger partial charge in [-0.25, -0.2) is 0 Å². The van der Waals surface area contributed by atoms with E-state index in [0.29, 0.717) is 5.41 Å². The van der Waals surface area contributed by atoms with Crippen LogP contribution < -0.4 is 0 Å². The van der Waals surface area contributed by atoms with E-state index in [-0.39, 0.29) is 0 Å².